The largest absolute Gasteiger partial charge is 0.491 e. The summed E-state index contributed by atoms with van der Waals surface area (Å²) in [6, 6.07) is 8.27. The van der Waals surface area contributed by atoms with Gasteiger partial charge >= 0.3 is 0 Å². The fourth-order valence-electron chi connectivity index (χ4n) is 1.97. The molecule has 0 bridgehead atoms. The minimum Gasteiger partial charge on any atom is -0.491 e. The summed E-state index contributed by atoms with van der Waals surface area (Å²) in [5.74, 6) is 0.253. The zero-order valence-corrected chi connectivity index (χ0v) is 12.3. The lowest BCUT2D eigenvalue weighted by molar-refractivity contribution is 0.102. The fourth-order valence-corrected chi connectivity index (χ4v) is 1.97. The second-order valence-corrected chi connectivity index (χ2v) is 4.80. The Balaban J connectivity index is 2.21. The van der Waals surface area contributed by atoms with E-state index in [4.69, 9.17) is 15.6 Å². The number of aliphatic hydroxyl groups excluding tert-OH is 1. The van der Waals surface area contributed by atoms with Gasteiger partial charge in [0.15, 0.2) is 0 Å². The number of nitrogens with one attached hydrogen (secondary N) is 1. The monoisotopic (exact) mass is 301 g/mol. The van der Waals surface area contributed by atoms with E-state index in [-0.39, 0.29) is 25.2 Å². The van der Waals surface area contributed by atoms with E-state index in [0.29, 0.717) is 17.0 Å². The molecule has 1 unspecified atom stereocenters. The minimum atomic E-state index is -0.253. The average molecular weight is 301 g/mol. The number of rotatable bonds is 6. The van der Waals surface area contributed by atoms with Gasteiger partial charge in [0.25, 0.3) is 5.91 Å². The number of anilines is 1. The van der Waals surface area contributed by atoms with Crippen LogP contribution in [0.15, 0.2) is 42.7 Å². The molecule has 6 heteroatoms. The fraction of sp³-hybridized carbons (Fsp3) is 0.250. The predicted molar refractivity (Wildman–Crippen MR) is 83.8 cm³/mol. The highest BCUT2D eigenvalue weighted by Crippen LogP contribution is 2.25. The molecule has 4 N–H and O–H groups in total. The van der Waals surface area contributed by atoms with Gasteiger partial charge in [-0.3, -0.25) is 9.78 Å². The molecular weight excluding hydrogens is 282 g/mol. The summed E-state index contributed by atoms with van der Waals surface area (Å²) in [5.41, 5.74) is 7.79. The molecule has 2 rings (SSSR count). The molecule has 1 atom stereocenters. The van der Waals surface area contributed by atoms with Crippen molar-refractivity contribution in [3.05, 3.63) is 53.9 Å². The van der Waals surface area contributed by atoms with E-state index >= 15 is 0 Å². The lowest BCUT2D eigenvalue weighted by Crippen LogP contribution is -2.14. The van der Waals surface area contributed by atoms with Gasteiger partial charge in [0.05, 0.1) is 6.61 Å². The van der Waals surface area contributed by atoms with E-state index in [9.17, 15) is 4.79 Å². The molecule has 0 saturated carbocycles. The Morgan fingerprint density at radius 3 is 2.73 bits per heavy atom. The normalized spacial score (nSPS) is 11.8. The minimum absolute atomic E-state index is 0.105. The van der Waals surface area contributed by atoms with Crippen LogP contribution in [-0.2, 0) is 0 Å². The van der Waals surface area contributed by atoms with E-state index in [0.717, 1.165) is 5.56 Å². The van der Waals surface area contributed by atoms with Crippen molar-refractivity contribution in [2.45, 2.75) is 13.0 Å². The smallest absolute Gasteiger partial charge is 0.255 e. The summed E-state index contributed by atoms with van der Waals surface area (Å²) in [7, 11) is 0. The maximum Gasteiger partial charge on any atom is 0.255 e. The molecule has 0 spiro atoms. The molecule has 1 amide bonds. The van der Waals surface area contributed by atoms with Crippen LogP contribution in [0.25, 0.3) is 0 Å². The van der Waals surface area contributed by atoms with E-state index in [1.807, 2.05) is 6.92 Å². The molecule has 6 nitrogen and oxygen atoms in total. The van der Waals surface area contributed by atoms with Gasteiger partial charge in [0.1, 0.15) is 12.4 Å². The van der Waals surface area contributed by atoms with Crippen molar-refractivity contribution >= 4 is 11.6 Å². The summed E-state index contributed by atoms with van der Waals surface area (Å²) in [6.07, 6.45) is 3.20. The van der Waals surface area contributed by atoms with Crippen LogP contribution in [0.4, 0.5) is 5.69 Å². The summed E-state index contributed by atoms with van der Waals surface area (Å²) in [5, 5.41) is 11.7. The number of carbonyl (C=O) groups is 1. The van der Waals surface area contributed by atoms with E-state index < -0.39 is 0 Å². The van der Waals surface area contributed by atoms with Crippen LogP contribution in [0, 0.1) is 0 Å². The zero-order valence-electron chi connectivity index (χ0n) is 12.3. The summed E-state index contributed by atoms with van der Waals surface area (Å²) in [6.45, 7) is 1.87. The van der Waals surface area contributed by atoms with Crippen LogP contribution in [-0.4, -0.2) is 29.2 Å². The molecule has 1 heterocycles. The number of ether oxygens (including phenoxy) is 1. The molecule has 116 valence electrons. The van der Waals surface area contributed by atoms with Crippen molar-refractivity contribution in [1.82, 2.24) is 4.98 Å². The van der Waals surface area contributed by atoms with E-state index in [2.05, 4.69) is 10.3 Å². The summed E-state index contributed by atoms with van der Waals surface area (Å²) >= 11 is 0. The van der Waals surface area contributed by atoms with Crippen LogP contribution in [0.2, 0.25) is 0 Å². The quantitative estimate of drug-likeness (QED) is 0.755. The second-order valence-electron chi connectivity index (χ2n) is 4.80. The van der Waals surface area contributed by atoms with Gasteiger partial charge in [-0.25, -0.2) is 0 Å². The van der Waals surface area contributed by atoms with Crippen LogP contribution >= 0.6 is 0 Å². The molecule has 22 heavy (non-hydrogen) atoms. The first-order valence-corrected chi connectivity index (χ1v) is 6.96. The first kappa shape index (κ1) is 15.9. The molecule has 0 radical (unpaired) electrons. The molecule has 0 aliphatic carbocycles. The third-order valence-corrected chi connectivity index (χ3v) is 3.05. The summed E-state index contributed by atoms with van der Waals surface area (Å²) < 4.78 is 5.47. The van der Waals surface area contributed by atoms with Gasteiger partial charge < -0.3 is 20.9 Å². The number of aliphatic hydroxyl groups is 1. The average Bonchev–Trinajstić information content (AvgIpc) is 2.53. The SMILES string of the molecule is CC(N)c1ccc(C(=O)Nc2ccncc2)cc1OCCO. The molecule has 0 aliphatic rings. The maximum atomic E-state index is 12.3. The number of nitrogens with two attached hydrogens (primary N) is 1. The van der Waals surface area contributed by atoms with Gasteiger partial charge in [-0.05, 0) is 31.2 Å². The highest BCUT2D eigenvalue weighted by molar-refractivity contribution is 6.04. The van der Waals surface area contributed by atoms with Crippen molar-refractivity contribution in [2.24, 2.45) is 5.73 Å². The van der Waals surface area contributed by atoms with E-state index in [1.54, 1.807) is 42.7 Å². The Labute approximate surface area is 128 Å². The van der Waals surface area contributed by atoms with Crippen molar-refractivity contribution in [2.75, 3.05) is 18.5 Å². The van der Waals surface area contributed by atoms with E-state index in [1.165, 1.54) is 0 Å². The third kappa shape index (κ3) is 4.03. The van der Waals surface area contributed by atoms with Crippen molar-refractivity contribution in [3.63, 3.8) is 0 Å². The van der Waals surface area contributed by atoms with Gasteiger partial charge in [-0.2, -0.15) is 0 Å². The molecular formula is C16H19N3O3. The topological polar surface area (TPSA) is 97.5 Å². The number of pyridine rings is 1. The van der Waals surface area contributed by atoms with Crippen molar-refractivity contribution < 1.29 is 14.6 Å². The van der Waals surface area contributed by atoms with Gasteiger partial charge in [0, 0.05) is 35.2 Å². The zero-order chi connectivity index (χ0) is 15.9. The van der Waals surface area contributed by atoms with Gasteiger partial charge in [-0.1, -0.05) is 6.07 Å². The molecule has 0 aliphatic heterocycles. The molecule has 0 saturated heterocycles. The second kappa shape index (κ2) is 7.53. The molecule has 1 aromatic carbocycles. The first-order valence-electron chi connectivity index (χ1n) is 6.96. The Kier molecular flexibility index (Phi) is 5.46. The van der Waals surface area contributed by atoms with Crippen molar-refractivity contribution in [3.8, 4) is 5.75 Å². The highest BCUT2D eigenvalue weighted by Gasteiger charge is 2.13. The number of nitrogens with zero attached hydrogens (tertiary/aromatic N) is 1. The Morgan fingerprint density at radius 2 is 2.09 bits per heavy atom. The summed E-state index contributed by atoms with van der Waals surface area (Å²) in [4.78, 5) is 16.1. The standard InChI is InChI=1S/C16H19N3O3/c1-11(17)14-3-2-12(10-15(14)22-9-8-20)16(21)19-13-4-6-18-7-5-13/h2-7,10-11,20H,8-9,17H2,1H3,(H,18,19,21). The number of hydrogen-bond acceptors (Lipinski definition) is 5. The Morgan fingerprint density at radius 1 is 1.36 bits per heavy atom. The maximum absolute atomic E-state index is 12.3. The van der Waals surface area contributed by atoms with Crippen LogP contribution < -0.4 is 15.8 Å². The number of carbonyl (C=O) groups excluding carboxylic acids is 1. The van der Waals surface area contributed by atoms with Crippen LogP contribution in [0.3, 0.4) is 0 Å². The lowest BCUT2D eigenvalue weighted by atomic mass is 10.0. The number of amides is 1. The third-order valence-electron chi connectivity index (χ3n) is 3.05. The van der Waals surface area contributed by atoms with Gasteiger partial charge in [-0.15, -0.1) is 0 Å². The highest BCUT2D eigenvalue weighted by atomic mass is 16.5. The number of aromatic nitrogens is 1. The predicted octanol–water partition coefficient (Wildman–Crippen LogP) is 1.72. The number of benzene rings is 1. The Hall–Kier alpha value is -2.44. The molecule has 2 aromatic rings. The number of hydrogen-bond donors (Lipinski definition) is 3. The Bertz CT molecular complexity index is 630. The van der Waals surface area contributed by atoms with Crippen LogP contribution in [0.1, 0.15) is 28.9 Å². The lowest BCUT2D eigenvalue weighted by Gasteiger charge is -2.15. The first-order chi connectivity index (χ1) is 10.6. The van der Waals surface area contributed by atoms with Crippen molar-refractivity contribution in [1.29, 1.82) is 0 Å². The molecule has 0 fully saturated rings. The van der Waals surface area contributed by atoms with Crippen LogP contribution in [0.5, 0.6) is 5.75 Å². The van der Waals surface area contributed by atoms with Gasteiger partial charge in [0.2, 0.25) is 0 Å². The molecule has 1 aromatic heterocycles.